The van der Waals surface area contributed by atoms with E-state index < -0.39 is 11.5 Å². The molecule has 2 atom stereocenters. The Bertz CT molecular complexity index is 464. The van der Waals surface area contributed by atoms with E-state index in [1.807, 2.05) is 7.05 Å². The number of carbonyl (C=O) groups excluding carboxylic acids is 2. The first-order chi connectivity index (χ1) is 11.0. The average molecular weight is 323 g/mol. The molecule has 2 saturated heterocycles. The Balaban J connectivity index is 1.63. The van der Waals surface area contributed by atoms with Crippen molar-refractivity contribution in [3.8, 4) is 0 Å². The van der Waals surface area contributed by atoms with Crippen LogP contribution in [0.4, 0.5) is 0 Å². The molecule has 1 aliphatic carbocycles. The molecule has 130 valence electrons. The van der Waals surface area contributed by atoms with Crippen LogP contribution >= 0.6 is 0 Å². The number of hydrogen-bond acceptors (Lipinski definition) is 4. The molecule has 2 aliphatic heterocycles. The molecular formula is C17H29N3O3. The zero-order valence-electron chi connectivity index (χ0n) is 14.1. The van der Waals surface area contributed by atoms with E-state index in [1.165, 1.54) is 25.7 Å². The summed E-state index contributed by atoms with van der Waals surface area (Å²) in [5.74, 6) is 0.00180. The molecule has 3 fully saturated rings. The lowest BCUT2D eigenvalue weighted by Crippen LogP contribution is -2.62. The number of hydrogen-bond donors (Lipinski definition) is 2. The van der Waals surface area contributed by atoms with Gasteiger partial charge in [-0.3, -0.25) is 14.5 Å². The van der Waals surface area contributed by atoms with Crippen molar-refractivity contribution in [3.63, 3.8) is 0 Å². The number of aliphatic hydroxyl groups is 1. The highest BCUT2D eigenvalue weighted by molar-refractivity contribution is 5.86. The van der Waals surface area contributed by atoms with Gasteiger partial charge in [-0.05, 0) is 39.2 Å². The Labute approximate surface area is 138 Å². The Hall–Kier alpha value is -1.14. The first kappa shape index (κ1) is 16.7. The third kappa shape index (κ3) is 3.24. The highest BCUT2D eigenvalue weighted by Crippen LogP contribution is 2.37. The standard InChI is InChI=1S/C17H29N3O3/c1-19(13-5-2-3-6-13)11-15(22)20-10-7-14(21)17(12-20)8-4-9-18-16(17)23/h13-14,21H,2-12H2,1H3,(H,18,23)/t14?,17-/m1/s1. The van der Waals surface area contributed by atoms with Crippen molar-refractivity contribution in [2.75, 3.05) is 33.2 Å². The van der Waals surface area contributed by atoms with E-state index in [4.69, 9.17) is 0 Å². The summed E-state index contributed by atoms with van der Waals surface area (Å²) < 4.78 is 0. The third-order valence-electron chi connectivity index (χ3n) is 6.01. The third-order valence-corrected chi connectivity index (χ3v) is 6.01. The van der Waals surface area contributed by atoms with Gasteiger partial charge in [-0.15, -0.1) is 0 Å². The lowest BCUT2D eigenvalue weighted by atomic mass is 9.71. The molecule has 3 rings (SSSR count). The van der Waals surface area contributed by atoms with Gasteiger partial charge in [0.2, 0.25) is 11.8 Å². The normalized spacial score (nSPS) is 32.6. The monoisotopic (exact) mass is 323 g/mol. The number of aliphatic hydroxyl groups excluding tert-OH is 1. The number of carbonyl (C=O) groups is 2. The molecule has 1 spiro atoms. The van der Waals surface area contributed by atoms with E-state index in [1.54, 1.807) is 4.90 Å². The maximum absolute atomic E-state index is 12.7. The molecular weight excluding hydrogens is 294 g/mol. The predicted molar refractivity (Wildman–Crippen MR) is 86.8 cm³/mol. The maximum Gasteiger partial charge on any atom is 0.236 e. The highest BCUT2D eigenvalue weighted by Gasteiger charge is 2.50. The molecule has 2 heterocycles. The molecule has 3 aliphatic rings. The van der Waals surface area contributed by atoms with Crippen molar-refractivity contribution < 1.29 is 14.7 Å². The summed E-state index contributed by atoms with van der Waals surface area (Å²) in [4.78, 5) is 29.0. The van der Waals surface area contributed by atoms with Gasteiger partial charge in [-0.25, -0.2) is 0 Å². The minimum atomic E-state index is -0.794. The molecule has 0 aromatic heterocycles. The largest absolute Gasteiger partial charge is 0.392 e. The number of likely N-dealkylation sites (N-methyl/N-ethyl adjacent to an activating group) is 1. The van der Waals surface area contributed by atoms with E-state index in [-0.39, 0.29) is 11.8 Å². The van der Waals surface area contributed by atoms with Crippen molar-refractivity contribution >= 4 is 11.8 Å². The molecule has 0 bridgehead atoms. The second-order valence-electron chi connectivity index (χ2n) is 7.49. The van der Waals surface area contributed by atoms with Gasteiger partial charge in [0.1, 0.15) is 0 Å². The van der Waals surface area contributed by atoms with Gasteiger partial charge in [-0.1, -0.05) is 12.8 Å². The summed E-state index contributed by atoms with van der Waals surface area (Å²) in [6.07, 6.45) is 6.25. The van der Waals surface area contributed by atoms with Crippen LogP contribution in [0.25, 0.3) is 0 Å². The van der Waals surface area contributed by atoms with Crippen LogP contribution in [0, 0.1) is 5.41 Å². The second kappa shape index (κ2) is 6.77. The molecule has 2 N–H and O–H groups in total. The summed E-state index contributed by atoms with van der Waals surface area (Å²) in [7, 11) is 2.02. The molecule has 6 nitrogen and oxygen atoms in total. The fourth-order valence-corrected chi connectivity index (χ4v) is 4.44. The van der Waals surface area contributed by atoms with Crippen molar-refractivity contribution in [1.29, 1.82) is 0 Å². The Morgan fingerprint density at radius 1 is 1.35 bits per heavy atom. The van der Waals surface area contributed by atoms with Crippen LogP contribution < -0.4 is 5.32 Å². The van der Waals surface area contributed by atoms with Crippen LogP contribution in [-0.4, -0.2) is 72.1 Å². The SMILES string of the molecule is CN(CC(=O)N1CCC(O)[C@@]2(CCCNC2=O)C1)C1CCCC1. The van der Waals surface area contributed by atoms with Crippen LogP contribution in [0.5, 0.6) is 0 Å². The summed E-state index contributed by atoms with van der Waals surface area (Å²) in [6.45, 7) is 2.00. The quantitative estimate of drug-likeness (QED) is 0.786. The fraction of sp³-hybridized carbons (Fsp3) is 0.882. The molecule has 0 aromatic rings. The van der Waals surface area contributed by atoms with E-state index in [9.17, 15) is 14.7 Å². The van der Waals surface area contributed by atoms with Gasteiger partial charge in [0.25, 0.3) is 0 Å². The summed E-state index contributed by atoms with van der Waals surface area (Å²) in [5.41, 5.74) is -0.794. The smallest absolute Gasteiger partial charge is 0.236 e. The van der Waals surface area contributed by atoms with Crippen LogP contribution in [0.1, 0.15) is 44.9 Å². The number of nitrogens with zero attached hydrogens (tertiary/aromatic N) is 2. The minimum absolute atomic E-state index is 0.0853. The lowest BCUT2D eigenvalue weighted by molar-refractivity contribution is -0.155. The number of amides is 2. The molecule has 1 unspecified atom stereocenters. The van der Waals surface area contributed by atoms with Crippen LogP contribution in [-0.2, 0) is 9.59 Å². The van der Waals surface area contributed by atoms with Crippen molar-refractivity contribution in [1.82, 2.24) is 15.1 Å². The fourth-order valence-electron chi connectivity index (χ4n) is 4.44. The van der Waals surface area contributed by atoms with E-state index in [0.717, 1.165) is 6.42 Å². The van der Waals surface area contributed by atoms with Gasteiger partial charge >= 0.3 is 0 Å². The Morgan fingerprint density at radius 3 is 2.78 bits per heavy atom. The van der Waals surface area contributed by atoms with Crippen LogP contribution in [0.3, 0.4) is 0 Å². The van der Waals surface area contributed by atoms with Gasteiger partial charge in [0, 0.05) is 25.7 Å². The first-order valence-electron chi connectivity index (χ1n) is 8.97. The molecule has 0 aromatic carbocycles. The first-order valence-corrected chi connectivity index (χ1v) is 8.97. The van der Waals surface area contributed by atoms with Gasteiger partial charge in [-0.2, -0.15) is 0 Å². The zero-order chi connectivity index (χ0) is 16.4. The molecule has 1 saturated carbocycles. The second-order valence-corrected chi connectivity index (χ2v) is 7.49. The summed E-state index contributed by atoms with van der Waals surface area (Å²) in [5, 5.41) is 13.3. The Morgan fingerprint density at radius 2 is 2.09 bits per heavy atom. The van der Waals surface area contributed by atoms with Gasteiger partial charge in [0.05, 0.1) is 18.1 Å². The lowest BCUT2D eigenvalue weighted by Gasteiger charge is -2.47. The minimum Gasteiger partial charge on any atom is -0.392 e. The summed E-state index contributed by atoms with van der Waals surface area (Å²) >= 11 is 0. The van der Waals surface area contributed by atoms with Crippen LogP contribution in [0.2, 0.25) is 0 Å². The van der Waals surface area contributed by atoms with E-state index in [2.05, 4.69) is 10.2 Å². The topological polar surface area (TPSA) is 72.9 Å². The van der Waals surface area contributed by atoms with Gasteiger partial charge in [0.15, 0.2) is 0 Å². The average Bonchev–Trinajstić information content (AvgIpc) is 3.07. The van der Waals surface area contributed by atoms with Crippen molar-refractivity contribution in [2.45, 2.75) is 57.1 Å². The number of nitrogens with one attached hydrogen (secondary N) is 1. The predicted octanol–water partition coefficient (Wildman–Crippen LogP) is 0.350. The summed E-state index contributed by atoms with van der Waals surface area (Å²) in [6, 6.07) is 0.515. The Kier molecular flexibility index (Phi) is 4.92. The van der Waals surface area contributed by atoms with Crippen molar-refractivity contribution in [3.05, 3.63) is 0 Å². The number of piperidine rings is 2. The molecule has 23 heavy (non-hydrogen) atoms. The number of likely N-dealkylation sites (tertiary alicyclic amines) is 1. The molecule has 6 heteroatoms. The van der Waals surface area contributed by atoms with Crippen LogP contribution in [0.15, 0.2) is 0 Å². The zero-order valence-corrected chi connectivity index (χ0v) is 14.1. The van der Waals surface area contributed by atoms with E-state index >= 15 is 0 Å². The maximum atomic E-state index is 12.7. The molecule has 0 radical (unpaired) electrons. The number of rotatable bonds is 3. The van der Waals surface area contributed by atoms with Gasteiger partial charge < -0.3 is 15.3 Å². The van der Waals surface area contributed by atoms with E-state index in [0.29, 0.717) is 45.1 Å². The van der Waals surface area contributed by atoms with Crippen molar-refractivity contribution in [2.24, 2.45) is 5.41 Å². The highest BCUT2D eigenvalue weighted by atomic mass is 16.3. The molecule has 2 amide bonds.